The average Bonchev–Trinajstić information content (AvgIpc) is 2.70. The number of nitrogens with one attached hydrogen (secondary N) is 1. The molecule has 1 aromatic heterocycles. The summed E-state index contributed by atoms with van der Waals surface area (Å²) in [5, 5.41) is 13.2. The second-order valence-corrected chi connectivity index (χ2v) is 10.2. The Labute approximate surface area is 202 Å². The third-order valence-corrected chi connectivity index (χ3v) is 5.39. The monoisotopic (exact) mass is 469 g/mol. The van der Waals surface area contributed by atoms with Crippen LogP contribution >= 0.6 is 0 Å². The number of hydrogen-bond donors (Lipinski definition) is 2. The lowest BCUT2D eigenvalue weighted by molar-refractivity contribution is -0.160. The van der Waals surface area contributed by atoms with Gasteiger partial charge in [-0.2, -0.15) is 0 Å². The van der Waals surface area contributed by atoms with Gasteiger partial charge in [-0.25, -0.2) is 0 Å². The first-order valence-corrected chi connectivity index (χ1v) is 11.7. The molecule has 0 fully saturated rings. The van der Waals surface area contributed by atoms with Crippen LogP contribution in [0.4, 0.5) is 5.69 Å². The number of ether oxygens (including phenoxy) is 1. The van der Waals surface area contributed by atoms with Gasteiger partial charge in [0.2, 0.25) is 0 Å². The van der Waals surface area contributed by atoms with Gasteiger partial charge in [-0.05, 0) is 70.7 Å². The van der Waals surface area contributed by atoms with Gasteiger partial charge in [0.1, 0.15) is 11.6 Å². The summed E-state index contributed by atoms with van der Waals surface area (Å²) in [5.74, 6) is -0.343. The number of nitrogens with zero attached hydrogens (tertiary/aromatic N) is 2. The Kier molecular flexibility index (Phi) is 8.97. The number of carbonyl (C=O) groups is 1. The Morgan fingerprint density at radius 2 is 1.79 bits per heavy atom. The Balaban J connectivity index is 2.35. The summed E-state index contributed by atoms with van der Waals surface area (Å²) < 4.78 is 7.03. The minimum atomic E-state index is -0.904. The van der Waals surface area contributed by atoms with Crippen LogP contribution < -0.4 is 10.9 Å². The van der Waals surface area contributed by atoms with Gasteiger partial charge in [0.25, 0.3) is 5.56 Å². The summed E-state index contributed by atoms with van der Waals surface area (Å²) in [6.07, 6.45) is 0.918. The fraction of sp³-hybridized carbons (Fsp3) is 0.519. The van der Waals surface area contributed by atoms with Crippen molar-refractivity contribution >= 4 is 17.4 Å². The first-order valence-electron chi connectivity index (χ1n) is 11.7. The van der Waals surface area contributed by atoms with Gasteiger partial charge in [-0.3, -0.25) is 19.9 Å². The van der Waals surface area contributed by atoms with E-state index in [1.54, 1.807) is 39.3 Å². The average molecular weight is 470 g/mol. The molecule has 2 unspecified atom stereocenters. The van der Waals surface area contributed by atoms with E-state index in [-0.39, 0.29) is 11.5 Å². The first kappa shape index (κ1) is 27.5. The number of aliphatic hydroxyl groups excluding tert-OH is 1. The lowest BCUT2D eigenvalue weighted by Gasteiger charge is -2.26. The van der Waals surface area contributed by atoms with Crippen LogP contribution in [-0.4, -0.2) is 39.1 Å². The zero-order valence-corrected chi connectivity index (χ0v) is 21.9. The molecule has 2 rings (SSSR count). The molecule has 2 aromatic rings. The number of carbonyl (C=O) groups excluding carboxylic acids is 1. The highest BCUT2D eigenvalue weighted by atomic mass is 16.6. The summed E-state index contributed by atoms with van der Waals surface area (Å²) in [6, 6.07) is 6.99. The summed E-state index contributed by atoms with van der Waals surface area (Å²) in [7, 11) is 1.75. The molecule has 2 atom stereocenters. The zero-order chi connectivity index (χ0) is 25.8. The van der Waals surface area contributed by atoms with Crippen molar-refractivity contribution in [2.24, 2.45) is 18.0 Å². The first-order chi connectivity index (χ1) is 15.7. The Bertz CT molecular complexity index is 1080. The Morgan fingerprint density at radius 3 is 2.32 bits per heavy atom. The van der Waals surface area contributed by atoms with E-state index >= 15 is 0 Å². The molecule has 0 aliphatic heterocycles. The molecule has 0 aliphatic carbocycles. The number of pyridine rings is 1. The molecule has 0 radical (unpaired) electrons. The van der Waals surface area contributed by atoms with E-state index in [1.807, 2.05) is 44.3 Å². The SMILES string of the molecule is Cc1ccc(CNC(C(=O)OC(C)(C)C)C(C)O)cc1/N=C(/c1cc(C)c(=O)n(C)c1)C(C)C. The van der Waals surface area contributed by atoms with E-state index in [4.69, 9.17) is 9.73 Å². The van der Waals surface area contributed by atoms with Crippen LogP contribution in [0.15, 0.2) is 40.2 Å². The van der Waals surface area contributed by atoms with Crippen molar-refractivity contribution in [3.05, 3.63) is 63.1 Å². The van der Waals surface area contributed by atoms with Crippen LogP contribution in [0.1, 0.15) is 63.8 Å². The van der Waals surface area contributed by atoms with Crippen LogP contribution in [0.3, 0.4) is 0 Å². The van der Waals surface area contributed by atoms with Gasteiger partial charge in [0, 0.05) is 30.9 Å². The molecule has 7 heteroatoms. The number of aliphatic imine (C=N–C) groups is 1. The van der Waals surface area contributed by atoms with Crippen LogP contribution in [0.25, 0.3) is 0 Å². The number of rotatable bonds is 8. The number of aliphatic hydroxyl groups is 1. The third kappa shape index (κ3) is 7.37. The van der Waals surface area contributed by atoms with Gasteiger partial charge in [0.15, 0.2) is 0 Å². The van der Waals surface area contributed by atoms with Crippen molar-refractivity contribution in [2.75, 3.05) is 0 Å². The minimum absolute atomic E-state index is 0.0197. The molecule has 2 N–H and O–H groups in total. The molecule has 0 saturated carbocycles. The molecule has 0 aliphatic rings. The lowest BCUT2D eigenvalue weighted by Crippen LogP contribution is -2.47. The smallest absolute Gasteiger partial charge is 0.326 e. The number of hydrogen-bond acceptors (Lipinski definition) is 6. The van der Waals surface area contributed by atoms with E-state index in [9.17, 15) is 14.7 Å². The second-order valence-electron chi connectivity index (χ2n) is 10.2. The standard InChI is InChI=1S/C27H39N3O4/c1-16(2)23(21-12-18(4)25(32)30(9)15-21)29-22-13-20(11-10-17(22)3)14-28-24(19(5)31)26(33)34-27(6,7)8/h10-13,15-16,19,24,28,31H,14H2,1-9H3/b29-23+. The summed E-state index contributed by atoms with van der Waals surface area (Å²) in [4.78, 5) is 29.6. The maximum atomic E-state index is 12.5. The van der Waals surface area contributed by atoms with Gasteiger partial charge in [-0.1, -0.05) is 26.0 Å². The van der Waals surface area contributed by atoms with Gasteiger partial charge < -0.3 is 14.4 Å². The molecule has 1 heterocycles. The van der Waals surface area contributed by atoms with Crippen molar-refractivity contribution in [1.29, 1.82) is 0 Å². The molecule has 1 aromatic carbocycles. The number of esters is 1. The fourth-order valence-corrected chi connectivity index (χ4v) is 3.60. The van der Waals surface area contributed by atoms with E-state index in [0.717, 1.165) is 28.1 Å². The Morgan fingerprint density at radius 1 is 1.15 bits per heavy atom. The van der Waals surface area contributed by atoms with Crippen LogP contribution in [0.2, 0.25) is 0 Å². The van der Waals surface area contributed by atoms with E-state index in [1.165, 1.54) is 0 Å². The topological polar surface area (TPSA) is 92.9 Å². The molecular formula is C27H39N3O4. The van der Waals surface area contributed by atoms with E-state index < -0.39 is 23.7 Å². The maximum Gasteiger partial charge on any atom is 0.326 e. The predicted octanol–water partition coefficient (Wildman–Crippen LogP) is 3.96. The summed E-state index contributed by atoms with van der Waals surface area (Å²) in [6.45, 7) is 15.3. The highest BCUT2D eigenvalue weighted by Crippen LogP contribution is 2.24. The van der Waals surface area contributed by atoms with Crippen LogP contribution in [0.5, 0.6) is 0 Å². The molecule has 7 nitrogen and oxygen atoms in total. The largest absolute Gasteiger partial charge is 0.459 e. The Hall–Kier alpha value is -2.77. The third-order valence-electron chi connectivity index (χ3n) is 5.39. The van der Waals surface area contributed by atoms with Crippen molar-refractivity contribution in [2.45, 2.75) is 79.7 Å². The molecule has 0 bridgehead atoms. The highest BCUT2D eigenvalue weighted by Gasteiger charge is 2.28. The normalized spacial score (nSPS) is 14.3. The molecule has 0 amide bonds. The van der Waals surface area contributed by atoms with Crippen molar-refractivity contribution in [1.82, 2.24) is 9.88 Å². The van der Waals surface area contributed by atoms with E-state index in [2.05, 4.69) is 19.2 Å². The van der Waals surface area contributed by atoms with E-state index in [0.29, 0.717) is 12.1 Å². The number of aromatic nitrogens is 1. The van der Waals surface area contributed by atoms with Gasteiger partial charge >= 0.3 is 5.97 Å². The molecular weight excluding hydrogens is 430 g/mol. The molecule has 34 heavy (non-hydrogen) atoms. The number of aryl methyl sites for hydroxylation is 3. The lowest BCUT2D eigenvalue weighted by atomic mass is 9.99. The predicted molar refractivity (Wildman–Crippen MR) is 137 cm³/mol. The molecule has 186 valence electrons. The van der Waals surface area contributed by atoms with Crippen LogP contribution in [0, 0.1) is 19.8 Å². The maximum absolute atomic E-state index is 12.5. The van der Waals surface area contributed by atoms with Gasteiger partial charge in [0.05, 0.1) is 17.5 Å². The van der Waals surface area contributed by atoms with Gasteiger partial charge in [-0.15, -0.1) is 0 Å². The zero-order valence-electron chi connectivity index (χ0n) is 21.9. The van der Waals surface area contributed by atoms with Crippen molar-refractivity contribution in [3.63, 3.8) is 0 Å². The minimum Gasteiger partial charge on any atom is -0.459 e. The highest BCUT2D eigenvalue weighted by molar-refractivity contribution is 6.03. The quantitative estimate of drug-likeness (QED) is 0.451. The summed E-state index contributed by atoms with van der Waals surface area (Å²) >= 11 is 0. The molecule has 0 saturated heterocycles. The van der Waals surface area contributed by atoms with Crippen LogP contribution in [-0.2, 0) is 23.1 Å². The molecule has 0 spiro atoms. The number of benzene rings is 1. The second kappa shape index (κ2) is 11.1. The fourth-order valence-electron chi connectivity index (χ4n) is 3.60. The summed E-state index contributed by atoms with van der Waals surface area (Å²) in [5.41, 5.74) is 4.59. The van der Waals surface area contributed by atoms with Crippen molar-refractivity contribution < 1.29 is 14.6 Å². The van der Waals surface area contributed by atoms with Crippen molar-refractivity contribution in [3.8, 4) is 0 Å².